The standard InChI is InChI=1S/C10H14N2O2S/c1-2-7-6-15-9(11-7)8-4-3-5-12(8)10(13)14/h6,8H,2-5H2,1H3,(H,13,14)/t8-/m1/s1. The van der Waals surface area contributed by atoms with Crippen LogP contribution >= 0.6 is 11.3 Å². The predicted molar refractivity (Wildman–Crippen MR) is 58.2 cm³/mol. The summed E-state index contributed by atoms with van der Waals surface area (Å²) in [5.41, 5.74) is 1.06. The fraction of sp³-hybridized carbons (Fsp3) is 0.600. The molecule has 1 atom stereocenters. The van der Waals surface area contributed by atoms with E-state index in [4.69, 9.17) is 5.11 Å². The first-order valence-corrected chi connectivity index (χ1v) is 6.04. The molecule has 1 aromatic heterocycles. The number of rotatable bonds is 2. The van der Waals surface area contributed by atoms with E-state index < -0.39 is 6.09 Å². The number of likely N-dealkylation sites (tertiary alicyclic amines) is 1. The molecule has 0 spiro atoms. The number of hydrogen-bond donors (Lipinski definition) is 1. The van der Waals surface area contributed by atoms with Crippen LogP contribution in [-0.2, 0) is 6.42 Å². The molecule has 2 heterocycles. The van der Waals surface area contributed by atoms with Gasteiger partial charge in [0.2, 0.25) is 0 Å². The summed E-state index contributed by atoms with van der Waals surface area (Å²) in [5.74, 6) is 0. The Morgan fingerprint density at radius 3 is 3.20 bits per heavy atom. The van der Waals surface area contributed by atoms with Crippen molar-refractivity contribution in [3.8, 4) is 0 Å². The first-order chi connectivity index (χ1) is 7.22. The Morgan fingerprint density at radius 2 is 2.60 bits per heavy atom. The van der Waals surface area contributed by atoms with Gasteiger partial charge in [-0.15, -0.1) is 11.3 Å². The van der Waals surface area contributed by atoms with Crippen molar-refractivity contribution in [2.75, 3.05) is 6.54 Å². The van der Waals surface area contributed by atoms with E-state index >= 15 is 0 Å². The molecule has 5 heteroatoms. The van der Waals surface area contributed by atoms with E-state index in [1.54, 1.807) is 11.3 Å². The Hall–Kier alpha value is -1.10. The van der Waals surface area contributed by atoms with Gasteiger partial charge in [0.25, 0.3) is 0 Å². The maximum Gasteiger partial charge on any atom is 0.407 e. The molecule has 1 aromatic rings. The molecule has 4 nitrogen and oxygen atoms in total. The molecule has 0 saturated carbocycles. The molecule has 1 N–H and O–H groups in total. The molecule has 1 aliphatic rings. The summed E-state index contributed by atoms with van der Waals surface area (Å²) < 4.78 is 0. The van der Waals surface area contributed by atoms with Crippen LogP contribution in [0.4, 0.5) is 4.79 Å². The smallest absolute Gasteiger partial charge is 0.407 e. The fourth-order valence-corrected chi connectivity index (χ4v) is 2.94. The van der Waals surface area contributed by atoms with Gasteiger partial charge < -0.3 is 5.11 Å². The van der Waals surface area contributed by atoms with Gasteiger partial charge in [0.05, 0.1) is 11.7 Å². The largest absolute Gasteiger partial charge is 0.465 e. The maximum absolute atomic E-state index is 11.0. The van der Waals surface area contributed by atoms with Crippen molar-refractivity contribution in [2.45, 2.75) is 32.2 Å². The van der Waals surface area contributed by atoms with E-state index in [0.29, 0.717) is 6.54 Å². The number of hydrogen-bond acceptors (Lipinski definition) is 3. The van der Waals surface area contributed by atoms with Crippen LogP contribution in [0.3, 0.4) is 0 Å². The first-order valence-electron chi connectivity index (χ1n) is 5.16. The second-order valence-electron chi connectivity index (χ2n) is 3.66. The molecule has 0 aromatic carbocycles. The SMILES string of the molecule is CCc1csc([C@H]2CCCN2C(=O)O)n1. The van der Waals surface area contributed by atoms with Crippen LogP contribution in [-0.4, -0.2) is 27.6 Å². The zero-order valence-electron chi connectivity index (χ0n) is 8.64. The van der Waals surface area contributed by atoms with Crippen molar-refractivity contribution in [1.82, 2.24) is 9.88 Å². The lowest BCUT2D eigenvalue weighted by molar-refractivity contribution is 0.140. The lowest BCUT2D eigenvalue weighted by atomic mass is 10.2. The average Bonchev–Trinajstić information content (AvgIpc) is 2.85. The molecule has 0 unspecified atom stereocenters. The molecule has 15 heavy (non-hydrogen) atoms. The maximum atomic E-state index is 11.0. The van der Waals surface area contributed by atoms with E-state index in [-0.39, 0.29) is 6.04 Å². The number of carbonyl (C=O) groups is 1. The van der Waals surface area contributed by atoms with Crippen molar-refractivity contribution in [2.24, 2.45) is 0 Å². The summed E-state index contributed by atoms with van der Waals surface area (Å²) in [7, 11) is 0. The van der Waals surface area contributed by atoms with Gasteiger partial charge in [-0.3, -0.25) is 4.90 Å². The molecule has 0 bridgehead atoms. The highest BCUT2D eigenvalue weighted by Crippen LogP contribution is 2.33. The van der Waals surface area contributed by atoms with Crippen molar-refractivity contribution in [3.05, 3.63) is 16.1 Å². The summed E-state index contributed by atoms with van der Waals surface area (Å²) in [4.78, 5) is 16.9. The van der Waals surface area contributed by atoms with E-state index in [2.05, 4.69) is 11.9 Å². The normalized spacial score (nSPS) is 20.9. The molecular formula is C10H14N2O2S. The highest BCUT2D eigenvalue weighted by Gasteiger charge is 2.31. The van der Waals surface area contributed by atoms with Crippen molar-refractivity contribution < 1.29 is 9.90 Å². The van der Waals surface area contributed by atoms with Gasteiger partial charge in [0.15, 0.2) is 0 Å². The molecule has 1 amide bonds. The third kappa shape index (κ3) is 1.97. The Labute approximate surface area is 92.6 Å². The monoisotopic (exact) mass is 226 g/mol. The van der Waals surface area contributed by atoms with Crippen LogP contribution in [0.1, 0.15) is 36.5 Å². The Kier molecular flexibility index (Phi) is 2.90. The molecule has 2 rings (SSSR count). The quantitative estimate of drug-likeness (QED) is 0.843. The van der Waals surface area contributed by atoms with Gasteiger partial charge in [-0.25, -0.2) is 9.78 Å². The lowest BCUT2D eigenvalue weighted by Gasteiger charge is -2.18. The van der Waals surface area contributed by atoms with Crippen LogP contribution in [0.25, 0.3) is 0 Å². The highest BCUT2D eigenvalue weighted by atomic mass is 32.1. The van der Waals surface area contributed by atoms with E-state index in [1.807, 2.05) is 5.38 Å². The summed E-state index contributed by atoms with van der Waals surface area (Å²) in [6.45, 7) is 2.70. The minimum atomic E-state index is -0.828. The third-order valence-corrected chi connectivity index (χ3v) is 3.71. The Bertz CT molecular complexity index is 364. The lowest BCUT2D eigenvalue weighted by Crippen LogP contribution is -2.28. The van der Waals surface area contributed by atoms with Crippen LogP contribution in [0.15, 0.2) is 5.38 Å². The zero-order chi connectivity index (χ0) is 10.8. The van der Waals surface area contributed by atoms with E-state index in [0.717, 1.165) is 30.0 Å². The number of carboxylic acid groups (broad SMARTS) is 1. The number of aryl methyl sites for hydroxylation is 1. The third-order valence-electron chi connectivity index (χ3n) is 2.72. The van der Waals surface area contributed by atoms with Gasteiger partial charge in [-0.2, -0.15) is 0 Å². The van der Waals surface area contributed by atoms with Gasteiger partial charge in [-0.1, -0.05) is 6.92 Å². The molecule has 1 saturated heterocycles. The van der Waals surface area contributed by atoms with E-state index in [9.17, 15) is 4.79 Å². The summed E-state index contributed by atoms with van der Waals surface area (Å²) >= 11 is 1.58. The Morgan fingerprint density at radius 1 is 1.80 bits per heavy atom. The van der Waals surface area contributed by atoms with Crippen molar-refractivity contribution in [1.29, 1.82) is 0 Å². The molecule has 1 aliphatic heterocycles. The minimum absolute atomic E-state index is 0.00667. The van der Waals surface area contributed by atoms with Crippen molar-refractivity contribution in [3.63, 3.8) is 0 Å². The van der Waals surface area contributed by atoms with Crippen LogP contribution in [0.5, 0.6) is 0 Å². The zero-order valence-corrected chi connectivity index (χ0v) is 9.46. The van der Waals surface area contributed by atoms with Crippen LogP contribution in [0.2, 0.25) is 0 Å². The molecule has 1 fully saturated rings. The van der Waals surface area contributed by atoms with Crippen molar-refractivity contribution >= 4 is 17.4 Å². The van der Waals surface area contributed by atoms with Gasteiger partial charge in [-0.05, 0) is 19.3 Å². The first kappa shape index (κ1) is 10.4. The van der Waals surface area contributed by atoms with Gasteiger partial charge >= 0.3 is 6.09 Å². The molecule has 82 valence electrons. The number of thiazole rings is 1. The number of amides is 1. The highest BCUT2D eigenvalue weighted by molar-refractivity contribution is 7.09. The Balaban J connectivity index is 2.18. The summed E-state index contributed by atoms with van der Waals surface area (Å²) in [6.07, 6.45) is 1.93. The molecule has 0 radical (unpaired) electrons. The molecular weight excluding hydrogens is 212 g/mol. The fourth-order valence-electron chi connectivity index (χ4n) is 1.89. The van der Waals surface area contributed by atoms with Crippen LogP contribution in [0, 0.1) is 0 Å². The minimum Gasteiger partial charge on any atom is -0.465 e. The summed E-state index contributed by atoms with van der Waals surface area (Å²) in [5, 5.41) is 12.0. The predicted octanol–water partition coefficient (Wildman–Crippen LogP) is 2.52. The van der Waals surface area contributed by atoms with Gasteiger partial charge in [0.1, 0.15) is 5.01 Å². The van der Waals surface area contributed by atoms with E-state index in [1.165, 1.54) is 4.90 Å². The average molecular weight is 226 g/mol. The summed E-state index contributed by atoms with van der Waals surface area (Å²) in [6, 6.07) is -0.00667. The van der Waals surface area contributed by atoms with Crippen LogP contribution < -0.4 is 0 Å². The topological polar surface area (TPSA) is 53.4 Å². The number of aromatic nitrogens is 1. The number of nitrogens with zero attached hydrogens (tertiary/aromatic N) is 2. The second kappa shape index (κ2) is 4.18. The van der Waals surface area contributed by atoms with Gasteiger partial charge in [0, 0.05) is 11.9 Å². The second-order valence-corrected chi connectivity index (χ2v) is 4.55. The molecule has 0 aliphatic carbocycles.